The SMILES string of the molecule is COc1ccc(OC)c2nc(N3CCOCC3)c(CN(Cc3ccco3)C(=O)C3Cc4ccccc4CN3C)cc12. The molecule has 1 fully saturated rings. The van der Waals surface area contributed by atoms with Crippen LogP contribution in [-0.4, -0.2) is 74.3 Å². The molecule has 0 saturated carbocycles. The zero-order valence-corrected chi connectivity index (χ0v) is 23.8. The standard InChI is InChI=1S/C32H36N4O5/c1-34-19-23-8-5-4-7-22(23)18-27(34)32(37)36(21-25-9-6-14-41-25)20-24-17-26-28(38-2)10-11-29(39-3)30(26)33-31(24)35-12-15-40-16-13-35/h4-11,14,17,27H,12-13,15-16,18-21H2,1-3H3. The number of furan rings is 1. The number of hydrogen-bond acceptors (Lipinski definition) is 8. The van der Waals surface area contributed by atoms with E-state index in [-0.39, 0.29) is 11.9 Å². The monoisotopic (exact) mass is 556 g/mol. The predicted molar refractivity (Wildman–Crippen MR) is 156 cm³/mol. The Hall–Kier alpha value is -4.08. The topological polar surface area (TPSA) is 80.5 Å². The lowest BCUT2D eigenvalue weighted by atomic mass is 9.93. The first-order chi connectivity index (χ1) is 20.1. The molecular weight excluding hydrogens is 520 g/mol. The summed E-state index contributed by atoms with van der Waals surface area (Å²) in [5.74, 6) is 3.00. The molecule has 4 heterocycles. The third kappa shape index (κ3) is 5.47. The Labute approximate surface area is 240 Å². The molecule has 0 bridgehead atoms. The van der Waals surface area contributed by atoms with E-state index < -0.39 is 0 Å². The number of rotatable bonds is 8. The van der Waals surface area contributed by atoms with Gasteiger partial charge in [0.05, 0.1) is 46.3 Å². The van der Waals surface area contributed by atoms with Gasteiger partial charge in [0.1, 0.15) is 28.6 Å². The summed E-state index contributed by atoms with van der Waals surface area (Å²) in [5.41, 5.74) is 4.15. The second-order valence-electron chi connectivity index (χ2n) is 10.6. The highest BCUT2D eigenvalue weighted by Crippen LogP contribution is 2.36. The molecule has 4 aromatic rings. The maximum atomic E-state index is 14.4. The van der Waals surface area contributed by atoms with E-state index in [4.69, 9.17) is 23.6 Å². The van der Waals surface area contributed by atoms with Gasteiger partial charge in [-0.25, -0.2) is 4.98 Å². The minimum atomic E-state index is -0.283. The van der Waals surface area contributed by atoms with Gasteiger partial charge in [0.2, 0.25) is 5.91 Å². The van der Waals surface area contributed by atoms with Gasteiger partial charge in [-0.15, -0.1) is 0 Å². The summed E-state index contributed by atoms with van der Waals surface area (Å²) in [4.78, 5) is 25.8. The number of carbonyl (C=O) groups is 1. The lowest BCUT2D eigenvalue weighted by molar-refractivity contribution is -0.138. The van der Waals surface area contributed by atoms with Crippen molar-refractivity contribution in [1.29, 1.82) is 0 Å². The van der Waals surface area contributed by atoms with Crippen LogP contribution in [0.4, 0.5) is 5.82 Å². The van der Waals surface area contributed by atoms with E-state index in [1.807, 2.05) is 42.3 Å². The number of aromatic nitrogens is 1. The first kappa shape index (κ1) is 27.1. The van der Waals surface area contributed by atoms with Gasteiger partial charge in [0.25, 0.3) is 0 Å². The third-order valence-electron chi connectivity index (χ3n) is 8.08. The van der Waals surface area contributed by atoms with Crippen molar-refractivity contribution < 1.29 is 23.4 Å². The van der Waals surface area contributed by atoms with Crippen molar-refractivity contribution in [2.75, 3.05) is 52.5 Å². The second-order valence-corrected chi connectivity index (χ2v) is 10.6. The van der Waals surface area contributed by atoms with Crippen LogP contribution in [0, 0.1) is 0 Å². The van der Waals surface area contributed by atoms with E-state index in [2.05, 4.69) is 34.1 Å². The summed E-state index contributed by atoms with van der Waals surface area (Å²) in [6, 6.07) is 17.7. The smallest absolute Gasteiger partial charge is 0.240 e. The van der Waals surface area contributed by atoms with Gasteiger partial charge < -0.3 is 28.4 Å². The van der Waals surface area contributed by atoms with Crippen molar-refractivity contribution in [1.82, 2.24) is 14.8 Å². The number of methoxy groups -OCH3 is 2. The van der Waals surface area contributed by atoms with Gasteiger partial charge >= 0.3 is 0 Å². The Morgan fingerprint density at radius 3 is 2.49 bits per heavy atom. The highest BCUT2D eigenvalue weighted by atomic mass is 16.5. The van der Waals surface area contributed by atoms with Crippen molar-refractivity contribution in [3.8, 4) is 11.5 Å². The number of likely N-dealkylation sites (N-methyl/N-ethyl adjacent to an activating group) is 1. The molecule has 0 radical (unpaired) electrons. The van der Waals surface area contributed by atoms with Gasteiger partial charge in [-0.05, 0) is 54.9 Å². The van der Waals surface area contributed by atoms with Crippen LogP contribution in [0.1, 0.15) is 22.5 Å². The van der Waals surface area contributed by atoms with Gasteiger partial charge in [0, 0.05) is 37.1 Å². The molecule has 2 aromatic carbocycles. The second kappa shape index (κ2) is 11.8. The Kier molecular flexibility index (Phi) is 7.80. The molecule has 41 heavy (non-hydrogen) atoms. The quantitative estimate of drug-likeness (QED) is 0.319. The molecule has 1 atom stereocenters. The number of nitrogens with zero attached hydrogens (tertiary/aromatic N) is 4. The molecule has 0 spiro atoms. The lowest BCUT2D eigenvalue weighted by Crippen LogP contribution is -2.49. The molecule has 1 amide bonds. The molecule has 1 saturated heterocycles. The number of pyridine rings is 1. The van der Waals surface area contributed by atoms with Crippen LogP contribution in [0.15, 0.2) is 65.3 Å². The molecule has 0 aliphatic carbocycles. The summed E-state index contributed by atoms with van der Waals surface area (Å²) >= 11 is 0. The summed E-state index contributed by atoms with van der Waals surface area (Å²) in [6.45, 7) is 4.12. The van der Waals surface area contributed by atoms with E-state index >= 15 is 0 Å². The van der Waals surface area contributed by atoms with Crippen molar-refractivity contribution in [3.63, 3.8) is 0 Å². The zero-order valence-electron chi connectivity index (χ0n) is 23.8. The van der Waals surface area contributed by atoms with E-state index in [0.29, 0.717) is 57.3 Å². The third-order valence-corrected chi connectivity index (χ3v) is 8.08. The van der Waals surface area contributed by atoms with E-state index in [1.165, 1.54) is 11.1 Å². The van der Waals surface area contributed by atoms with Gasteiger partial charge in [-0.3, -0.25) is 9.69 Å². The number of amides is 1. The summed E-state index contributed by atoms with van der Waals surface area (Å²) in [5, 5.41) is 0.841. The average molecular weight is 557 g/mol. The minimum Gasteiger partial charge on any atom is -0.496 e. The molecule has 2 aliphatic rings. The lowest BCUT2D eigenvalue weighted by Gasteiger charge is -2.37. The van der Waals surface area contributed by atoms with Crippen molar-refractivity contribution in [3.05, 3.63) is 83.3 Å². The van der Waals surface area contributed by atoms with Crippen LogP contribution in [0.25, 0.3) is 10.9 Å². The first-order valence-corrected chi connectivity index (χ1v) is 14.0. The van der Waals surface area contributed by atoms with Crippen molar-refractivity contribution in [2.24, 2.45) is 0 Å². The molecule has 214 valence electrons. The average Bonchev–Trinajstić information content (AvgIpc) is 3.53. The van der Waals surface area contributed by atoms with E-state index in [0.717, 1.165) is 34.6 Å². The first-order valence-electron chi connectivity index (χ1n) is 14.0. The number of fused-ring (bicyclic) bond motifs is 2. The number of morpholine rings is 1. The predicted octanol–water partition coefficient (Wildman–Crippen LogP) is 4.27. The van der Waals surface area contributed by atoms with Gasteiger partial charge in [-0.2, -0.15) is 0 Å². The number of carbonyl (C=O) groups excluding carboxylic acids is 1. The fraction of sp³-hybridized carbons (Fsp3) is 0.375. The summed E-state index contributed by atoms with van der Waals surface area (Å²) < 4.78 is 22.8. The number of hydrogen-bond donors (Lipinski definition) is 0. The van der Waals surface area contributed by atoms with Gasteiger partial charge in [-0.1, -0.05) is 24.3 Å². The highest BCUT2D eigenvalue weighted by Gasteiger charge is 2.33. The molecule has 2 aliphatic heterocycles. The van der Waals surface area contributed by atoms with Crippen LogP contribution in [0.3, 0.4) is 0 Å². The zero-order chi connectivity index (χ0) is 28.3. The molecule has 2 aromatic heterocycles. The maximum Gasteiger partial charge on any atom is 0.240 e. The normalized spacial score (nSPS) is 17.3. The van der Waals surface area contributed by atoms with E-state index in [1.54, 1.807) is 20.5 Å². The van der Waals surface area contributed by atoms with Crippen molar-refractivity contribution in [2.45, 2.75) is 32.1 Å². The largest absolute Gasteiger partial charge is 0.496 e. The van der Waals surface area contributed by atoms with Crippen LogP contribution in [0.5, 0.6) is 11.5 Å². The Morgan fingerprint density at radius 2 is 1.76 bits per heavy atom. The van der Waals surface area contributed by atoms with Crippen molar-refractivity contribution >= 4 is 22.6 Å². The maximum absolute atomic E-state index is 14.4. The Morgan fingerprint density at radius 1 is 1.00 bits per heavy atom. The summed E-state index contributed by atoms with van der Waals surface area (Å²) in [7, 11) is 5.32. The highest BCUT2D eigenvalue weighted by molar-refractivity contribution is 5.92. The molecule has 0 N–H and O–H groups in total. The number of anilines is 1. The number of benzene rings is 2. The molecule has 6 rings (SSSR count). The van der Waals surface area contributed by atoms with E-state index in [9.17, 15) is 4.79 Å². The molecule has 1 unspecified atom stereocenters. The Balaban J connectivity index is 1.42. The van der Waals surface area contributed by atoms with Crippen LogP contribution >= 0.6 is 0 Å². The fourth-order valence-corrected chi connectivity index (χ4v) is 5.90. The van der Waals surface area contributed by atoms with Crippen LogP contribution < -0.4 is 14.4 Å². The fourth-order valence-electron chi connectivity index (χ4n) is 5.90. The minimum absolute atomic E-state index is 0.0593. The molecule has 9 heteroatoms. The Bertz CT molecular complexity index is 1520. The molecule has 9 nitrogen and oxygen atoms in total. The summed E-state index contributed by atoms with van der Waals surface area (Å²) in [6.07, 6.45) is 2.31. The number of ether oxygens (including phenoxy) is 3. The van der Waals surface area contributed by atoms with Gasteiger partial charge in [0.15, 0.2) is 0 Å². The van der Waals surface area contributed by atoms with Crippen LogP contribution in [0.2, 0.25) is 0 Å². The van der Waals surface area contributed by atoms with Crippen LogP contribution in [-0.2, 0) is 35.6 Å². The molecular formula is C32H36N4O5.